The lowest BCUT2D eigenvalue weighted by atomic mass is 9.96. The number of carbonyl (C=O) groups excluding carboxylic acids is 1. The Morgan fingerprint density at radius 2 is 0.697 bits per heavy atom. The maximum absolute atomic E-state index is 13.4. The summed E-state index contributed by atoms with van der Waals surface area (Å²) < 4.78 is 34.4. The summed E-state index contributed by atoms with van der Waals surface area (Å²) in [5.74, 6) is -0.269. The summed E-state index contributed by atoms with van der Waals surface area (Å²) in [5, 5.41) is 121. The average Bonchev–Trinajstić information content (AvgIpc) is 1.97. The molecule has 3 heterocycles. The zero-order chi connectivity index (χ0) is 64.7. The first kappa shape index (κ1) is 81.8. The molecule has 1 amide bonds. The minimum Gasteiger partial charge on any atom is -0.394 e. The molecule has 0 aliphatic carbocycles. The molecule has 3 rings (SSSR count). The maximum Gasteiger partial charge on any atom is 0.220 e. The smallest absolute Gasteiger partial charge is 0.220 e. The van der Waals surface area contributed by atoms with Crippen LogP contribution in [0.5, 0.6) is 0 Å². The Labute approximate surface area is 537 Å². The van der Waals surface area contributed by atoms with Crippen LogP contribution < -0.4 is 5.32 Å². The standard InChI is InChI=1S/C70H133NO18/c1-3-5-7-9-11-13-15-17-19-21-23-24-25-26-27-28-29-30-31-33-35-37-39-41-43-45-47-54(75)53(71-58(76)48-46-44-42-40-38-36-34-32-22-20-18-16-14-12-10-8-6-4-2)52-84-68-64(82)61(79)66(56(50-73)86-68)89-70-65(83)62(80)67(57(51-74)87-70)88-69-63(81)60(78)59(77)55(49-72)85-69/h45,47,53-57,59-70,72-75,77-83H,3-44,46,48-52H2,1-2H3,(H,71,76)/b47-45+. The largest absolute Gasteiger partial charge is 0.394 e. The molecule has 0 bridgehead atoms. The van der Waals surface area contributed by atoms with E-state index in [0.717, 1.165) is 44.9 Å². The van der Waals surface area contributed by atoms with Gasteiger partial charge in [0.15, 0.2) is 18.9 Å². The second-order valence-electron chi connectivity index (χ2n) is 26.4. The number of ether oxygens (including phenoxy) is 6. The van der Waals surface area contributed by atoms with E-state index in [-0.39, 0.29) is 18.9 Å². The van der Waals surface area contributed by atoms with E-state index in [1.807, 2.05) is 6.08 Å². The van der Waals surface area contributed by atoms with Crippen LogP contribution in [0.15, 0.2) is 12.2 Å². The Morgan fingerprint density at radius 3 is 1.06 bits per heavy atom. The van der Waals surface area contributed by atoms with Gasteiger partial charge in [-0.2, -0.15) is 0 Å². The van der Waals surface area contributed by atoms with Gasteiger partial charge >= 0.3 is 0 Å². The molecule has 3 aliphatic rings. The van der Waals surface area contributed by atoms with Gasteiger partial charge in [-0.15, -0.1) is 0 Å². The van der Waals surface area contributed by atoms with Gasteiger partial charge in [-0.3, -0.25) is 4.79 Å². The molecule has 0 saturated carbocycles. The number of amides is 1. The monoisotopic (exact) mass is 1280 g/mol. The number of hydrogen-bond donors (Lipinski definition) is 12. The Balaban J connectivity index is 1.42. The molecule has 17 unspecified atom stereocenters. The fraction of sp³-hybridized carbons (Fsp3) is 0.957. The molecule has 0 radical (unpaired) electrons. The van der Waals surface area contributed by atoms with Gasteiger partial charge < -0.3 is 89.9 Å². The SMILES string of the molecule is CCCCCCCCCCCCCCCCCCCCCCCCCC/C=C/C(O)C(COC1OC(CO)C(OC2OC(CO)C(OC3OC(CO)C(O)C(O)C3O)C(O)C2O)C(O)C1O)NC(=O)CCCCCCCCCCCCCCCCCCCC. The van der Waals surface area contributed by atoms with Gasteiger partial charge in [0.05, 0.1) is 38.6 Å². The van der Waals surface area contributed by atoms with E-state index >= 15 is 0 Å². The van der Waals surface area contributed by atoms with E-state index in [1.54, 1.807) is 6.08 Å². The van der Waals surface area contributed by atoms with E-state index in [1.165, 1.54) is 225 Å². The zero-order valence-corrected chi connectivity index (χ0v) is 55.7. The van der Waals surface area contributed by atoms with Gasteiger partial charge in [0.25, 0.3) is 0 Å². The van der Waals surface area contributed by atoms with Crippen LogP contribution in [-0.2, 0) is 33.2 Å². The quantitative estimate of drug-likeness (QED) is 0.0199. The number of hydrogen-bond acceptors (Lipinski definition) is 18. The van der Waals surface area contributed by atoms with Crippen LogP contribution in [0.2, 0.25) is 0 Å². The lowest BCUT2D eigenvalue weighted by Crippen LogP contribution is -2.66. The highest BCUT2D eigenvalue weighted by Gasteiger charge is 2.53. The molecule has 0 spiro atoms. The predicted molar refractivity (Wildman–Crippen MR) is 347 cm³/mol. The summed E-state index contributed by atoms with van der Waals surface area (Å²) in [4.78, 5) is 13.4. The lowest BCUT2D eigenvalue weighted by molar-refractivity contribution is -0.379. The third kappa shape index (κ3) is 34.7. The topological polar surface area (TPSA) is 307 Å². The van der Waals surface area contributed by atoms with Gasteiger partial charge in [-0.05, 0) is 19.3 Å². The van der Waals surface area contributed by atoms with Crippen LogP contribution in [0.1, 0.15) is 296 Å². The van der Waals surface area contributed by atoms with Gasteiger partial charge in [-0.1, -0.05) is 283 Å². The number of aliphatic hydroxyl groups excluding tert-OH is 11. The highest BCUT2D eigenvalue weighted by Crippen LogP contribution is 2.33. The van der Waals surface area contributed by atoms with E-state index < -0.39 is 124 Å². The van der Waals surface area contributed by atoms with Crippen molar-refractivity contribution in [1.82, 2.24) is 5.32 Å². The van der Waals surface area contributed by atoms with Crippen LogP contribution >= 0.6 is 0 Å². The van der Waals surface area contributed by atoms with Crippen molar-refractivity contribution in [3.63, 3.8) is 0 Å². The maximum atomic E-state index is 13.4. The Kier molecular flexibility index (Phi) is 48.5. The van der Waals surface area contributed by atoms with Crippen LogP contribution in [0.3, 0.4) is 0 Å². The molecule has 12 N–H and O–H groups in total. The highest BCUT2D eigenvalue weighted by molar-refractivity contribution is 5.76. The number of allylic oxidation sites excluding steroid dienone is 1. The van der Waals surface area contributed by atoms with E-state index in [4.69, 9.17) is 28.4 Å². The molecular weight excluding hydrogens is 1140 g/mol. The first-order valence-electron chi connectivity index (χ1n) is 36.4. The van der Waals surface area contributed by atoms with Crippen molar-refractivity contribution in [1.29, 1.82) is 0 Å². The number of carbonyl (C=O) groups is 1. The number of unbranched alkanes of at least 4 members (excludes halogenated alkanes) is 41. The predicted octanol–water partition coefficient (Wildman–Crippen LogP) is 10.1. The van der Waals surface area contributed by atoms with E-state index in [9.17, 15) is 61.0 Å². The van der Waals surface area contributed by atoms with Crippen molar-refractivity contribution in [2.45, 2.75) is 401 Å². The van der Waals surface area contributed by atoms with Crippen molar-refractivity contribution in [3.05, 3.63) is 12.2 Å². The summed E-state index contributed by atoms with van der Waals surface area (Å²) in [7, 11) is 0. The minimum absolute atomic E-state index is 0.250. The van der Waals surface area contributed by atoms with Crippen LogP contribution in [-0.4, -0.2) is 193 Å². The van der Waals surface area contributed by atoms with Crippen molar-refractivity contribution < 1.29 is 89.4 Å². The van der Waals surface area contributed by atoms with Crippen LogP contribution in [0.25, 0.3) is 0 Å². The van der Waals surface area contributed by atoms with Crippen molar-refractivity contribution in [3.8, 4) is 0 Å². The fourth-order valence-corrected chi connectivity index (χ4v) is 12.7. The second kappa shape index (κ2) is 52.8. The molecular formula is C70H133NO18. The fourth-order valence-electron chi connectivity index (χ4n) is 12.7. The molecule has 89 heavy (non-hydrogen) atoms. The highest BCUT2D eigenvalue weighted by atomic mass is 16.8. The van der Waals surface area contributed by atoms with Crippen LogP contribution in [0, 0.1) is 0 Å². The van der Waals surface area contributed by atoms with Gasteiger partial charge in [0, 0.05) is 6.42 Å². The number of rotatable bonds is 57. The lowest BCUT2D eigenvalue weighted by Gasteiger charge is -2.48. The third-order valence-electron chi connectivity index (χ3n) is 18.6. The normalized spacial score (nSPS) is 28.2. The molecule has 3 fully saturated rings. The second-order valence-corrected chi connectivity index (χ2v) is 26.4. The summed E-state index contributed by atoms with van der Waals surface area (Å²) in [5.41, 5.74) is 0. The van der Waals surface area contributed by atoms with Crippen molar-refractivity contribution in [2.24, 2.45) is 0 Å². The summed E-state index contributed by atoms with van der Waals surface area (Å²) in [6, 6.07) is -0.969. The summed E-state index contributed by atoms with van der Waals surface area (Å²) in [6.45, 7) is 1.78. The van der Waals surface area contributed by atoms with Gasteiger partial charge in [0.1, 0.15) is 73.2 Å². The van der Waals surface area contributed by atoms with E-state index in [2.05, 4.69) is 19.2 Å². The Hall–Kier alpha value is -1.47. The number of aliphatic hydroxyl groups is 11. The number of nitrogens with one attached hydrogen (secondary N) is 1. The van der Waals surface area contributed by atoms with Crippen molar-refractivity contribution >= 4 is 5.91 Å². The Morgan fingerprint density at radius 1 is 0.393 bits per heavy atom. The first-order chi connectivity index (χ1) is 43.3. The molecule has 3 saturated heterocycles. The molecule has 17 atom stereocenters. The van der Waals surface area contributed by atoms with Gasteiger partial charge in [0.2, 0.25) is 5.91 Å². The summed E-state index contributed by atoms with van der Waals surface area (Å²) >= 11 is 0. The molecule has 0 aromatic carbocycles. The Bertz CT molecular complexity index is 1670. The minimum atomic E-state index is -1.98. The van der Waals surface area contributed by atoms with Crippen molar-refractivity contribution in [2.75, 3.05) is 26.4 Å². The molecule has 19 heteroatoms. The van der Waals surface area contributed by atoms with Crippen LogP contribution in [0.4, 0.5) is 0 Å². The van der Waals surface area contributed by atoms with Gasteiger partial charge in [-0.25, -0.2) is 0 Å². The third-order valence-corrected chi connectivity index (χ3v) is 18.6. The first-order valence-corrected chi connectivity index (χ1v) is 36.4. The molecule has 3 aliphatic heterocycles. The molecule has 526 valence electrons. The van der Waals surface area contributed by atoms with E-state index in [0.29, 0.717) is 6.42 Å². The molecule has 19 nitrogen and oxygen atoms in total. The molecule has 0 aromatic rings. The molecule has 0 aromatic heterocycles. The zero-order valence-electron chi connectivity index (χ0n) is 55.7. The average molecular weight is 1280 g/mol. The summed E-state index contributed by atoms with van der Waals surface area (Å²) in [6.07, 6.45) is 31.9.